The maximum atomic E-state index is 3.80. The Balaban J connectivity index is 1.96. The molecule has 0 radical (unpaired) electrons. The third kappa shape index (κ3) is 4.14. The van der Waals surface area contributed by atoms with E-state index in [1.165, 1.54) is 44.9 Å². The molecule has 2 aliphatic carbocycles. The molecule has 4 atom stereocenters. The maximum absolute atomic E-state index is 3.80. The van der Waals surface area contributed by atoms with Gasteiger partial charge in [-0.05, 0) is 43.6 Å². The van der Waals surface area contributed by atoms with Crippen LogP contribution in [0.4, 0.5) is 0 Å². The quantitative estimate of drug-likeness (QED) is 0.791. The van der Waals surface area contributed by atoms with E-state index < -0.39 is 0 Å². The highest BCUT2D eigenvalue weighted by Crippen LogP contribution is 2.44. The third-order valence-corrected chi connectivity index (χ3v) is 6.87. The van der Waals surface area contributed by atoms with Gasteiger partial charge >= 0.3 is 0 Å². The summed E-state index contributed by atoms with van der Waals surface area (Å²) in [5.41, 5.74) is 0.478. The second-order valence-electron chi connectivity index (χ2n) is 7.48. The highest BCUT2D eigenvalue weighted by molar-refractivity contribution is 8.00. The number of thioether (sulfide) groups is 1. The van der Waals surface area contributed by atoms with Crippen molar-refractivity contribution < 1.29 is 0 Å². The first kappa shape index (κ1) is 15.7. The van der Waals surface area contributed by atoms with Crippen LogP contribution in [-0.2, 0) is 0 Å². The van der Waals surface area contributed by atoms with Crippen LogP contribution in [0.5, 0.6) is 0 Å². The SMILES string of the molecule is CCNC1C(SC2CCCC(C)C2)CCCC1(C)C. The topological polar surface area (TPSA) is 12.0 Å². The Morgan fingerprint density at radius 3 is 2.63 bits per heavy atom. The van der Waals surface area contributed by atoms with Gasteiger partial charge < -0.3 is 5.32 Å². The molecular weight excluding hydrogens is 250 g/mol. The van der Waals surface area contributed by atoms with Crippen molar-refractivity contribution in [2.24, 2.45) is 11.3 Å². The molecule has 0 amide bonds. The zero-order chi connectivity index (χ0) is 13.9. The van der Waals surface area contributed by atoms with Crippen molar-refractivity contribution in [3.63, 3.8) is 0 Å². The van der Waals surface area contributed by atoms with Crippen LogP contribution in [0.25, 0.3) is 0 Å². The minimum absolute atomic E-state index is 0.478. The van der Waals surface area contributed by atoms with E-state index in [1.54, 1.807) is 0 Å². The first-order chi connectivity index (χ1) is 9.03. The predicted molar refractivity (Wildman–Crippen MR) is 87.9 cm³/mol. The van der Waals surface area contributed by atoms with Gasteiger partial charge in [0.2, 0.25) is 0 Å². The summed E-state index contributed by atoms with van der Waals surface area (Å²) in [6.45, 7) is 10.8. The van der Waals surface area contributed by atoms with Gasteiger partial charge in [0.15, 0.2) is 0 Å². The van der Waals surface area contributed by atoms with Crippen LogP contribution in [0, 0.1) is 11.3 Å². The van der Waals surface area contributed by atoms with Crippen LogP contribution in [0.15, 0.2) is 0 Å². The van der Waals surface area contributed by atoms with Crippen molar-refractivity contribution in [1.82, 2.24) is 5.32 Å². The molecule has 19 heavy (non-hydrogen) atoms. The smallest absolute Gasteiger partial charge is 0.0237 e. The zero-order valence-electron chi connectivity index (χ0n) is 13.4. The predicted octanol–water partition coefficient (Wildman–Crippen LogP) is 4.86. The lowest BCUT2D eigenvalue weighted by Gasteiger charge is -2.45. The molecule has 2 heteroatoms. The molecule has 0 aromatic carbocycles. The maximum Gasteiger partial charge on any atom is 0.0237 e. The summed E-state index contributed by atoms with van der Waals surface area (Å²) in [5.74, 6) is 0.959. The summed E-state index contributed by atoms with van der Waals surface area (Å²) < 4.78 is 0. The number of nitrogens with one attached hydrogen (secondary N) is 1. The summed E-state index contributed by atoms with van der Waals surface area (Å²) >= 11 is 2.33. The Hall–Kier alpha value is 0.310. The van der Waals surface area contributed by atoms with Crippen LogP contribution in [0.1, 0.15) is 72.6 Å². The molecule has 0 spiro atoms. The van der Waals surface area contributed by atoms with E-state index in [0.29, 0.717) is 11.5 Å². The van der Waals surface area contributed by atoms with Crippen molar-refractivity contribution in [2.45, 2.75) is 89.2 Å². The minimum atomic E-state index is 0.478. The minimum Gasteiger partial charge on any atom is -0.313 e. The fourth-order valence-electron chi connectivity index (χ4n) is 4.11. The van der Waals surface area contributed by atoms with Gasteiger partial charge in [0.05, 0.1) is 0 Å². The van der Waals surface area contributed by atoms with Crippen LogP contribution >= 0.6 is 11.8 Å². The summed E-state index contributed by atoms with van der Waals surface area (Å²) in [6.07, 6.45) is 10.1. The molecule has 2 rings (SSSR count). The van der Waals surface area contributed by atoms with Crippen LogP contribution in [0.3, 0.4) is 0 Å². The number of hydrogen-bond donors (Lipinski definition) is 1. The fraction of sp³-hybridized carbons (Fsp3) is 1.00. The first-order valence-electron chi connectivity index (χ1n) is 8.41. The van der Waals surface area contributed by atoms with E-state index >= 15 is 0 Å². The van der Waals surface area contributed by atoms with Crippen LogP contribution in [-0.4, -0.2) is 23.1 Å². The fourth-order valence-corrected chi connectivity index (χ4v) is 6.27. The van der Waals surface area contributed by atoms with E-state index in [-0.39, 0.29) is 0 Å². The van der Waals surface area contributed by atoms with Crippen LogP contribution in [0.2, 0.25) is 0 Å². The van der Waals surface area contributed by atoms with Gasteiger partial charge in [-0.2, -0.15) is 11.8 Å². The van der Waals surface area contributed by atoms with Crippen molar-refractivity contribution in [2.75, 3.05) is 6.54 Å². The molecule has 0 saturated heterocycles. The molecule has 112 valence electrons. The second kappa shape index (κ2) is 6.85. The zero-order valence-corrected chi connectivity index (χ0v) is 14.2. The highest BCUT2D eigenvalue weighted by Gasteiger charge is 2.39. The molecule has 2 aliphatic rings. The number of hydrogen-bond acceptors (Lipinski definition) is 2. The van der Waals surface area contributed by atoms with Gasteiger partial charge in [-0.25, -0.2) is 0 Å². The van der Waals surface area contributed by atoms with Gasteiger partial charge in [-0.3, -0.25) is 0 Å². The van der Waals surface area contributed by atoms with Gasteiger partial charge in [0.1, 0.15) is 0 Å². The molecule has 2 fully saturated rings. The van der Waals surface area contributed by atoms with E-state index in [9.17, 15) is 0 Å². The van der Waals surface area contributed by atoms with Gasteiger partial charge in [-0.1, -0.05) is 47.0 Å². The van der Waals surface area contributed by atoms with E-state index in [2.05, 4.69) is 44.8 Å². The Morgan fingerprint density at radius 1 is 1.16 bits per heavy atom. The van der Waals surface area contributed by atoms with Crippen molar-refractivity contribution in [3.8, 4) is 0 Å². The average molecular weight is 284 g/mol. The lowest BCUT2D eigenvalue weighted by molar-refractivity contribution is 0.176. The Bertz CT molecular complexity index is 276. The third-order valence-electron chi connectivity index (χ3n) is 5.20. The summed E-state index contributed by atoms with van der Waals surface area (Å²) in [6, 6.07) is 0.716. The molecular formula is C17H33NS. The lowest BCUT2D eigenvalue weighted by atomic mass is 9.73. The molecule has 0 aromatic rings. The molecule has 1 N–H and O–H groups in total. The summed E-state index contributed by atoms with van der Waals surface area (Å²) in [4.78, 5) is 0. The molecule has 0 bridgehead atoms. The van der Waals surface area contributed by atoms with E-state index in [4.69, 9.17) is 0 Å². The largest absolute Gasteiger partial charge is 0.313 e. The van der Waals surface area contributed by atoms with Crippen molar-refractivity contribution in [3.05, 3.63) is 0 Å². The molecule has 0 aliphatic heterocycles. The molecule has 1 nitrogen and oxygen atoms in total. The molecule has 0 aromatic heterocycles. The Kier molecular flexibility index (Phi) is 5.65. The standard InChI is InChI=1S/C17H33NS/c1-5-18-16-15(10-7-11-17(16,3)4)19-14-9-6-8-13(2)12-14/h13-16,18H,5-12H2,1-4H3. The van der Waals surface area contributed by atoms with Crippen molar-refractivity contribution in [1.29, 1.82) is 0 Å². The Morgan fingerprint density at radius 2 is 1.95 bits per heavy atom. The monoisotopic (exact) mass is 283 g/mol. The van der Waals surface area contributed by atoms with E-state index in [0.717, 1.165) is 23.0 Å². The lowest BCUT2D eigenvalue weighted by Crippen LogP contribution is -2.51. The molecule has 0 heterocycles. The van der Waals surface area contributed by atoms with Crippen molar-refractivity contribution >= 4 is 11.8 Å². The Labute approximate surface area is 124 Å². The second-order valence-corrected chi connectivity index (χ2v) is 9.03. The molecule has 2 saturated carbocycles. The normalized spacial score (nSPS) is 39.2. The first-order valence-corrected chi connectivity index (χ1v) is 9.36. The van der Waals surface area contributed by atoms with Gasteiger partial charge in [0, 0.05) is 16.5 Å². The molecule has 4 unspecified atom stereocenters. The summed E-state index contributed by atoms with van der Waals surface area (Å²) in [5, 5.41) is 5.59. The van der Waals surface area contributed by atoms with Gasteiger partial charge in [0.25, 0.3) is 0 Å². The highest BCUT2D eigenvalue weighted by atomic mass is 32.2. The number of rotatable bonds is 4. The van der Waals surface area contributed by atoms with Gasteiger partial charge in [-0.15, -0.1) is 0 Å². The van der Waals surface area contributed by atoms with E-state index in [1.807, 2.05) is 0 Å². The average Bonchev–Trinajstić information content (AvgIpc) is 2.33. The summed E-state index contributed by atoms with van der Waals surface area (Å²) in [7, 11) is 0. The van der Waals surface area contributed by atoms with Crippen LogP contribution < -0.4 is 5.32 Å².